The lowest BCUT2D eigenvalue weighted by atomic mass is 9.69. The van der Waals surface area contributed by atoms with Crippen LogP contribution in [-0.4, -0.2) is 47.5 Å². The lowest BCUT2D eigenvalue weighted by molar-refractivity contribution is -0.371. The third-order valence-corrected chi connectivity index (χ3v) is 4.22. The molecule has 6 atom stereocenters. The zero-order chi connectivity index (χ0) is 14.4. The summed E-state index contributed by atoms with van der Waals surface area (Å²) in [5.74, 6) is 0.136. The van der Waals surface area contributed by atoms with Crippen molar-refractivity contribution in [3.05, 3.63) is 0 Å². The van der Waals surface area contributed by atoms with Gasteiger partial charge >= 0.3 is 0 Å². The number of nitrogens with two attached hydrogens (primary N) is 1. The molecule has 0 aromatic heterocycles. The second-order valence-electron chi connectivity index (χ2n) is 6.81. The standard InChI is InChI=1S/C14H27NO4/c1-6-14(5)9-8(7-16)17-12(19-13(2,3)4)10(15)11(9)18-14/h8-12,16H,6-7,15H2,1-5H3. The van der Waals surface area contributed by atoms with E-state index in [0.717, 1.165) is 6.42 Å². The Morgan fingerprint density at radius 2 is 2.00 bits per heavy atom. The molecule has 0 aromatic rings. The first kappa shape index (κ1) is 15.2. The summed E-state index contributed by atoms with van der Waals surface area (Å²) in [5.41, 5.74) is 5.62. The van der Waals surface area contributed by atoms with Crippen LogP contribution >= 0.6 is 0 Å². The van der Waals surface area contributed by atoms with Crippen molar-refractivity contribution in [2.75, 3.05) is 6.61 Å². The molecule has 2 saturated heterocycles. The van der Waals surface area contributed by atoms with E-state index in [1.807, 2.05) is 20.8 Å². The number of ether oxygens (including phenoxy) is 3. The fraction of sp³-hybridized carbons (Fsp3) is 1.00. The molecule has 0 aliphatic carbocycles. The van der Waals surface area contributed by atoms with E-state index in [9.17, 15) is 5.11 Å². The van der Waals surface area contributed by atoms with Gasteiger partial charge in [0.25, 0.3) is 0 Å². The lowest BCUT2D eigenvalue weighted by Gasteiger charge is -2.61. The minimum absolute atomic E-state index is 0.0309. The van der Waals surface area contributed by atoms with Crippen molar-refractivity contribution in [1.82, 2.24) is 0 Å². The Kier molecular flexibility index (Phi) is 3.97. The number of aliphatic hydroxyl groups excluding tert-OH is 1. The zero-order valence-electron chi connectivity index (χ0n) is 12.6. The molecule has 2 aliphatic heterocycles. The number of hydrogen-bond donors (Lipinski definition) is 2. The highest BCUT2D eigenvalue weighted by molar-refractivity contribution is 5.08. The second-order valence-corrected chi connectivity index (χ2v) is 6.81. The molecule has 0 saturated carbocycles. The van der Waals surface area contributed by atoms with Gasteiger partial charge in [-0.05, 0) is 34.1 Å². The Labute approximate surface area is 115 Å². The van der Waals surface area contributed by atoms with Crippen LogP contribution in [0, 0.1) is 5.92 Å². The van der Waals surface area contributed by atoms with Gasteiger partial charge in [0.05, 0.1) is 36.1 Å². The maximum absolute atomic E-state index is 9.57. The van der Waals surface area contributed by atoms with Gasteiger partial charge in [-0.25, -0.2) is 0 Å². The molecule has 6 unspecified atom stereocenters. The van der Waals surface area contributed by atoms with Crippen LogP contribution in [-0.2, 0) is 14.2 Å². The average Bonchev–Trinajstić information content (AvgIpc) is 2.29. The highest BCUT2D eigenvalue weighted by Gasteiger charge is 2.61. The third kappa shape index (κ3) is 2.67. The maximum atomic E-state index is 9.57. The van der Waals surface area contributed by atoms with Gasteiger partial charge in [0.15, 0.2) is 6.29 Å². The van der Waals surface area contributed by atoms with E-state index in [0.29, 0.717) is 0 Å². The van der Waals surface area contributed by atoms with Crippen molar-refractivity contribution in [2.45, 2.75) is 76.8 Å². The van der Waals surface area contributed by atoms with Gasteiger partial charge in [0, 0.05) is 5.92 Å². The Morgan fingerprint density at radius 1 is 1.37 bits per heavy atom. The summed E-state index contributed by atoms with van der Waals surface area (Å²) in [7, 11) is 0. The van der Waals surface area contributed by atoms with Gasteiger partial charge in [0.2, 0.25) is 0 Å². The summed E-state index contributed by atoms with van der Waals surface area (Å²) in [6, 6.07) is -0.313. The number of rotatable bonds is 3. The minimum Gasteiger partial charge on any atom is -0.394 e. The van der Waals surface area contributed by atoms with Gasteiger partial charge in [0.1, 0.15) is 0 Å². The third-order valence-electron chi connectivity index (χ3n) is 4.22. The number of aliphatic hydroxyl groups is 1. The highest BCUT2D eigenvalue weighted by atomic mass is 16.7. The number of fused-ring (bicyclic) bond motifs is 1. The molecule has 5 heteroatoms. The maximum Gasteiger partial charge on any atom is 0.176 e. The van der Waals surface area contributed by atoms with Gasteiger partial charge in [-0.15, -0.1) is 0 Å². The molecule has 2 fully saturated rings. The summed E-state index contributed by atoms with van der Waals surface area (Å²) in [6.45, 7) is 9.98. The zero-order valence-corrected chi connectivity index (χ0v) is 12.6. The number of hydrogen-bond acceptors (Lipinski definition) is 5. The van der Waals surface area contributed by atoms with E-state index in [1.54, 1.807) is 0 Å². The SMILES string of the molecule is CCC1(C)OC2C(N)C(OC(C)(C)C)OC(CO)C21. The summed E-state index contributed by atoms with van der Waals surface area (Å²) < 4.78 is 17.7. The lowest BCUT2D eigenvalue weighted by Crippen LogP contribution is -2.74. The molecule has 0 radical (unpaired) electrons. The van der Waals surface area contributed by atoms with E-state index in [4.69, 9.17) is 19.9 Å². The normalized spacial score (nSPS) is 46.6. The van der Waals surface area contributed by atoms with E-state index in [-0.39, 0.29) is 42.0 Å². The quantitative estimate of drug-likeness (QED) is 0.803. The van der Waals surface area contributed by atoms with Gasteiger partial charge in [-0.1, -0.05) is 6.92 Å². The van der Waals surface area contributed by atoms with Gasteiger partial charge in [-0.2, -0.15) is 0 Å². The Morgan fingerprint density at radius 3 is 2.47 bits per heavy atom. The van der Waals surface area contributed by atoms with Crippen molar-refractivity contribution in [2.24, 2.45) is 11.7 Å². The monoisotopic (exact) mass is 273 g/mol. The van der Waals surface area contributed by atoms with Crippen molar-refractivity contribution in [1.29, 1.82) is 0 Å². The molecular weight excluding hydrogens is 246 g/mol. The van der Waals surface area contributed by atoms with E-state index < -0.39 is 6.29 Å². The Balaban J connectivity index is 2.12. The summed E-state index contributed by atoms with van der Waals surface area (Å²) in [4.78, 5) is 0. The molecular formula is C14H27NO4. The van der Waals surface area contributed by atoms with E-state index in [1.165, 1.54) is 0 Å². The first-order valence-electron chi connectivity index (χ1n) is 7.09. The van der Waals surface area contributed by atoms with Crippen LogP contribution in [0.2, 0.25) is 0 Å². The van der Waals surface area contributed by atoms with Gasteiger partial charge < -0.3 is 25.1 Å². The molecule has 2 heterocycles. The summed E-state index contributed by atoms with van der Waals surface area (Å²) in [5, 5.41) is 9.57. The molecule has 5 nitrogen and oxygen atoms in total. The van der Waals surface area contributed by atoms with E-state index >= 15 is 0 Å². The average molecular weight is 273 g/mol. The molecule has 2 rings (SSSR count). The molecule has 0 amide bonds. The molecule has 0 aromatic carbocycles. The first-order chi connectivity index (χ1) is 8.72. The summed E-state index contributed by atoms with van der Waals surface area (Å²) in [6.07, 6.45) is -0.00945. The molecule has 19 heavy (non-hydrogen) atoms. The largest absolute Gasteiger partial charge is 0.394 e. The van der Waals surface area contributed by atoms with Crippen LogP contribution in [0.3, 0.4) is 0 Å². The van der Waals surface area contributed by atoms with Crippen LogP contribution in [0.15, 0.2) is 0 Å². The van der Waals surface area contributed by atoms with Crippen molar-refractivity contribution >= 4 is 0 Å². The second kappa shape index (κ2) is 4.97. The Bertz CT molecular complexity index is 328. The molecule has 112 valence electrons. The molecule has 0 bridgehead atoms. The predicted octanol–water partition coefficient (Wildman–Crippen LogP) is 1.03. The van der Waals surface area contributed by atoms with E-state index in [2.05, 4.69) is 13.8 Å². The summed E-state index contributed by atoms with van der Waals surface area (Å²) >= 11 is 0. The predicted molar refractivity (Wildman–Crippen MR) is 71.6 cm³/mol. The van der Waals surface area contributed by atoms with Crippen LogP contribution < -0.4 is 5.73 Å². The van der Waals surface area contributed by atoms with Crippen molar-refractivity contribution in [3.8, 4) is 0 Å². The highest BCUT2D eigenvalue weighted by Crippen LogP contribution is 2.49. The fourth-order valence-electron chi connectivity index (χ4n) is 3.09. The van der Waals surface area contributed by atoms with Gasteiger partial charge in [-0.3, -0.25) is 0 Å². The van der Waals surface area contributed by atoms with Crippen molar-refractivity contribution in [3.63, 3.8) is 0 Å². The Hall–Kier alpha value is -0.200. The fourth-order valence-corrected chi connectivity index (χ4v) is 3.09. The molecule has 0 spiro atoms. The van der Waals surface area contributed by atoms with Crippen LogP contribution in [0.5, 0.6) is 0 Å². The molecule has 2 aliphatic rings. The topological polar surface area (TPSA) is 73.9 Å². The van der Waals surface area contributed by atoms with Crippen LogP contribution in [0.4, 0.5) is 0 Å². The van der Waals surface area contributed by atoms with Crippen molar-refractivity contribution < 1.29 is 19.3 Å². The van der Waals surface area contributed by atoms with Crippen LogP contribution in [0.1, 0.15) is 41.0 Å². The minimum atomic E-state index is -0.528. The smallest absolute Gasteiger partial charge is 0.176 e. The molecule has 3 N–H and O–H groups in total. The first-order valence-corrected chi connectivity index (χ1v) is 7.09. The van der Waals surface area contributed by atoms with Crippen LogP contribution in [0.25, 0.3) is 0 Å².